The van der Waals surface area contributed by atoms with Gasteiger partial charge >= 0.3 is 0 Å². The number of unbranched alkanes of at least 4 members (excludes halogenated alkanes) is 1. The first-order chi connectivity index (χ1) is 4.77. The minimum absolute atomic E-state index is 0.661. The second-order valence-electron chi connectivity index (χ2n) is 2.91. The summed E-state index contributed by atoms with van der Waals surface area (Å²) in [4.78, 5) is 0. The van der Waals surface area contributed by atoms with Crippen LogP contribution in [0.15, 0.2) is 12.3 Å². The SMILES string of the molecule is CCCCNC=CC(C)C. The fourth-order valence-electron chi connectivity index (χ4n) is 0.623. The van der Waals surface area contributed by atoms with E-state index in [1.54, 1.807) is 0 Å². The van der Waals surface area contributed by atoms with Crippen molar-refractivity contribution >= 4 is 0 Å². The van der Waals surface area contributed by atoms with Crippen molar-refractivity contribution in [2.45, 2.75) is 33.6 Å². The Morgan fingerprint density at radius 1 is 1.40 bits per heavy atom. The molecule has 0 bridgehead atoms. The van der Waals surface area contributed by atoms with Crippen LogP contribution in [0.4, 0.5) is 0 Å². The van der Waals surface area contributed by atoms with E-state index in [2.05, 4.69) is 38.4 Å². The first-order valence-corrected chi connectivity index (χ1v) is 4.17. The monoisotopic (exact) mass is 141 g/mol. The van der Waals surface area contributed by atoms with Crippen molar-refractivity contribution in [2.24, 2.45) is 5.92 Å². The Hall–Kier alpha value is -0.460. The number of rotatable bonds is 5. The first-order valence-electron chi connectivity index (χ1n) is 4.17. The van der Waals surface area contributed by atoms with Crippen molar-refractivity contribution in [3.8, 4) is 0 Å². The van der Waals surface area contributed by atoms with E-state index >= 15 is 0 Å². The van der Waals surface area contributed by atoms with Gasteiger partial charge in [-0.2, -0.15) is 0 Å². The normalized spacial score (nSPS) is 11.2. The Labute approximate surface area is 64.5 Å². The van der Waals surface area contributed by atoms with Crippen molar-refractivity contribution < 1.29 is 0 Å². The van der Waals surface area contributed by atoms with Gasteiger partial charge in [-0.05, 0) is 18.5 Å². The molecule has 1 N–H and O–H groups in total. The third kappa shape index (κ3) is 7.54. The quantitative estimate of drug-likeness (QED) is 0.580. The van der Waals surface area contributed by atoms with Crippen molar-refractivity contribution in [1.82, 2.24) is 5.32 Å². The van der Waals surface area contributed by atoms with Crippen LogP contribution < -0.4 is 5.32 Å². The first kappa shape index (κ1) is 9.54. The summed E-state index contributed by atoms with van der Waals surface area (Å²) in [5.74, 6) is 0.661. The molecule has 0 aromatic carbocycles. The molecule has 0 atom stereocenters. The Morgan fingerprint density at radius 2 is 2.10 bits per heavy atom. The summed E-state index contributed by atoms with van der Waals surface area (Å²) < 4.78 is 0. The van der Waals surface area contributed by atoms with Crippen LogP contribution in [-0.2, 0) is 0 Å². The van der Waals surface area contributed by atoms with Crippen molar-refractivity contribution in [3.63, 3.8) is 0 Å². The molecular weight excluding hydrogens is 122 g/mol. The summed E-state index contributed by atoms with van der Waals surface area (Å²) in [7, 11) is 0. The minimum atomic E-state index is 0.661. The van der Waals surface area contributed by atoms with E-state index in [4.69, 9.17) is 0 Å². The van der Waals surface area contributed by atoms with Crippen LogP contribution in [0.2, 0.25) is 0 Å². The largest absolute Gasteiger partial charge is 0.391 e. The van der Waals surface area contributed by atoms with Crippen LogP contribution in [0.5, 0.6) is 0 Å². The van der Waals surface area contributed by atoms with Gasteiger partial charge in [-0.15, -0.1) is 0 Å². The highest BCUT2D eigenvalue weighted by Crippen LogP contribution is 1.91. The van der Waals surface area contributed by atoms with Crippen LogP contribution in [0.25, 0.3) is 0 Å². The molecule has 1 nitrogen and oxygen atoms in total. The summed E-state index contributed by atoms with van der Waals surface area (Å²) in [6, 6.07) is 0. The smallest absolute Gasteiger partial charge is 0.0141 e. The van der Waals surface area contributed by atoms with Crippen molar-refractivity contribution in [3.05, 3.63) is 12.3 Å². The third-order valence-electron chi connectivity index (χ3n) is 1.27. The van der Waals surface area contributed by atoms with Crippen LogP contribution in [0.1, 0.15) is 33.6 Å². The molecule has 0 heterocycles. The third-order valence-corrected chi connectivity index (χ3v) is 1.27. The average Bonchev–Trinajstić information content (AvgIpc) is 1.87. The Kier molecular flexibility index (Phi) is 6.35. The molecule has 10 heavy (non-hydrogen) atoms. The maximum Gasteiger partial charge on any atom is 0.0141 e. The summed E-state index contributed by atoms with van der Waals surface area (Å²) in [5, 5.41) is 3.24. The Balaban J connectivity index is 3.02. The Morgan fingerprint density at radius 3 is 2.60 bits per heavy atom. The standard InChI is InChI=1S/C9H19N/c1-4-5-7-10-8-6-9(2)3/h6,8-10H,4-5,7H2,1-3H3. The lowest BCUT2D eigenvalue weighted by Crippen LogP contribution is -2.06. The van der Waals surface area contributed by atoms with Gasteiger partial charge < -0.3 is 5.32 Å². The number of allylic oxidation sites excluding steroid dienone is 1. The van der Waals surface area contributed by atoms with E-state index in [0.717, 1.165) is 6.54 Å². The fourth-order valence-corrected chi connectivity index (χ4v) is 0.623. The molecule has 0 amide bonds. The predicted molar refractivity (Wildman–Crippen MR) is 46.9 cm³/mol. The zero-order valence-electron chi connectivity index (χ0n) is 7.35. The lowest BCUT2D eigenvalue weighted by Gasteiger charge is -1.98. The zero-order chi connectivity index (χ0) is 7.82. The molecular formula is C9H19N. The zero-order valence-corrected chi connectivity index (χ0v) is 7.35. The molecule has 0 aliphatic rings. The summed E-state index contributed by atoms with van der Waals surface area (Å²) >= 11 is 0. The van der Waals surface area contributed by atoms with E-state index in [9.17, 15) is 0 Å². The maximum absolute atomic E-state index is 3.24. The lowest BCUT2D eigenvalue weighted by molar-refractivity contribution is 0.726. The van der Waals surface area contributed by atoms with E-state index in [1.807, 2.05) is 0 Å². The van der Waals surface area contributed by atoms with E-state index in [0.29, 0.717) is 5.92 Å². The predicted octanol–water partition coefficient (Wildman–Crippen LogP) is 2.55. The van der Waals surface area contributed by atoms with Gasteiger partial charge in [0.15, 0.2) is 0 Å². The van der Waals surface area contributed by atoms with E-state index in [-0.39, 0.29) is 0 Å². The van der Waals surface area contributed by atoms with E-state index in [1.165, 1.54) is 12.8 Å². The lowest BCUT2D eigenvalue weighted by atomic mass is 10.2. The highest BCUT2D eigenvalue weighted by Gasteiger charge is 1.82. The highest BCUT2D eigenvalue weighted by atomic mass is 14.8. The molecule has 0 radical (unpaired) electrons. The van der Waals surface area contributed by atoms with Crippen LogP contribution in [0, 0.1) is 5.92 Å². The van der Waals surface area contributed by atoms with Crippen LogP contribution >= 0.6 is 0 Å². The summed E-state index contributed by atoms with van der Waals surface area (Å²) in [6.45, 7) is 7.67. The summed E-state index contributed by atoms with van der Waals surface area (Å²) in [5.41, 5.74) is 0. The molecule has 0 spiro atoms. The molecule has 0 aliphatic heterocycles. The fraction of sp³-hybridized carbons (Fsp3) is 0.778. The van der Waals surface area contributed by atoms with Gasteiger partial charge in [-0.25, -0.2) is 0 Å². The summed E-state index contributed by atoms with van der Waals surface area (Å²) in [6.07, 6.45) is 6.76. The molecule has 0 aromatic heterocycles. The molecule has 0 saturated heterocycles. The number of nitrogens with one attached hydrogen (secondary N) is 1. The minimum Gasteiger partial charge on any atom is -0.391 e. The second-order valence-corrected chi connectivity index (χ2v) is 2.91. The average molecular weight is 141 g/mol. The van der Waals surface area contributed by atoms with Gasteiger partial charge in [0.05, 0.1) is 0 Å². The molecule has 0 fully saturated rings. The second kappa shape index (κ2) is 6.66. The number of hydrogen-bond donors (Lipinski definition) is 1. The van der Waals surface area contributed by atoms with Crippen molar-refractivity contribution in [1.29, 1.82) is 0 Å². The molecule has 0 unspecified atom stereocenters. The molecule has 0 saturated carbocycles. The molecule has 0 aromatic rings. The van der Waals surface area contributed by atoms with Crippen molar-refractivity contribution in [2.75, 3.05) is 6.54 Å². The number of hydrogen-bond acceptors (Lipinski definition) is 1. The van der Waals surface area contributed by atoms with Gasteiger partial charge in [-0.1, -0.05) is 33.3 Å². The maximum atomic E-state index is 3.24. The van der Waals surface area contributed by atoms with Crippen LogP contribution in [0.3, 0.4) is 0 Å². The van der Waals surface area contributed by atoms with Gasteiger partial charge in [0.1, 0.15) is 0 Å². The van der Waals surface area contributed by atoms with Gasteiger partial charge in [0.2, 0.25) is 0 Å². The van der Waals surface area contributed by atoms with Gasteiger partial charge in [0, 0.05) is 6.54 Å². The molecule has 0 aliphatic carbocycles. The van der Waals surface area contributed by atoms with Gasteiger partial charge in [0.25, 0.3) is 0 Å². The molecule has 0 rings (SSSR count). The van der Waals surface area contributed by atoms with Gasteiger partial charge in [-0.3, -0.25) is 0 Å². The Bertz CT molecular complexity index is 84.7. The van der Waals surface area contributed by atoms with Crippen LogP contribution in [-0.4, -0.2) is 6.54 Å². The highest BCUT2D eigenvalue weighted by molar-refractivity contribution is 4.81. The molecule has 1 heteroatoms. The van der Waals surface area contributed by atoms with E-state index < -0.39 is 0 Å². The topological polar surface area (TPSA) is 12.0 Å². The molecule has 60 valence electrons.